The van der Waals surface area contributed by atoms with Crippen molar-refractivity contribution in [2.75, 3.05) is 11.9 Å². The molecule has 1 heterocycles. The number of rotatable bonds is 2. The third-order valence-corrected chi connectivity index (χ3v) is 4.83. The number of likely N-dealkylation sites (N-methyl/N-ethyl adjacent to an activating group) is 1. The summed E-state index contributed by atoms with van der Waals surface area (Å²) in [5.41, 5.74) is 5.75. The van der Waals surface area contributed by atoms with Gasteiger partial charge in [0, 0.05) is 18.3 Å². The molecule has 0 saturated heterocycles. The third-order valence-electron chi connectivity index (χ3n) is 4.83. The molecule has 0 atom stereocenters. The number of nitriles is 1. The van der Waals surface area contributed by atoms with E-state index in [1.54, 1.807) is 12.1 Å². The van der Waals surface area contributed by atoms with Gasteiger partial charge >= 0.3 is 0 Å². The summed E-state index contributed by atoms with van der Waals surface area (Å²) in [5, 5.41) is 9.48. The van der Waals surface area contributed by atoms with Crippen LogP contribution in [-0.4, -0.2) is 12.6 Å². The van der Waals surface area contributed by atoms with Crippen molar-refractivity contribution in [3.8, 4) is 6.07 Å². The molecule has 1 aliphatic heterocycles. The number of hydrogen-bond acceptors (Lipinski definition) is 2. The smallest absolute Gasteiger partial charge is 0.123 e. The van der Waals surface area contributed by atoms with Crippen molar-refractivity contribution in [1.82, 2.24) is 0 Å². The summed E-state index contributed by atoms with van der Waals surface area (Å²) in [4.78, 5) is 2.26. The zero-order valence-corrected chi connectivity index (χ0v) is 15.0. The monoisotopic (exact) mass is 332 g/mol. The highest BCUT2D eigenvalue weighted by Crippen LogP contribution is 2.38. The van der Waals surface area contributed by atoms with Crippen LogP contribution >= 0.6 is 0 Å². The first-order chi connectivity index (χ1) is 11.8. The molecular weight excluding hydrogens is 311 g/mol. The maximum Gasteiger partial charge on any atom is 0.123 e. The van der Waals surface area contributed by atoms with E-state index < -0.39 is 0 Å². The average Bonchev–Trinajstić information content (AvgIpc) is 2.58. The summed E-state index contributed by atoms with van der Waals surface area (Å²) in [6, 6.07) is 14.4. The van der Waals surface area contributed by atoms with Crippen LogP contribution in [0.3, 0.4) is 0 Å². The van der Waals surface area contributed by atoms with Gasteiger partial charge in [-0.2, -0.15) is 5.26 Å². The van der Waals surface area contributed by atoms with Gasteiger partial charge in [-0.05, 0) is 67.8 Å². The highest BCUT2D eigenvalue weighted by Gasteiger charge is 2.28. The minimum Gasteiger partial charge on any atom is -0.366 e. The van der Waals surface area contributed by atoms with Gasteiger partial charge in [0.05, 0.1) is 17.2 Å². The third kappa shape index (κ3) is 3.21. The Morgan fingerprint density at radius 3 is 2.48 bits per heavy atom. The number of halogens is 1. The molecule has 0 radical (unpaired) electrons. The van der Waals surface area contributed by atoms with Crippen molar-refractivity contribution in [2.24, 2.45) is 0 Å². The molecule has 0 spiro atoms. The standard InChI is InChI=1S/C22H21FN2/c1-15-13-22(2,3)25(4)21-10-5-16(12-20(15)21)11-18(14-24)17-6-8-19(23)9-7-17/h5-13H,1-4H3/b18-11+. The maximum absolute atomic E-state index is 13.1. The van der Waals surface area contributed by atoms with Crippen LogP contribution in [0.15, 0.2) is 48.5 Å². The van der Waals surface area contributed by atoms with Crippen LogP contribution in [0.5, 0.6) is 0 Å². The van der Waals surface area contributed by atoms with E-state index >= 15 is 0 Å². The predicted molar refractivity (Wildman–Crippen MR) is 102 cm³/mol. The van der Waals surface area contributed by atoms with Gasteiger partial charge < -0.3 is 4.90 Å². The molecule has 0 bridgehead atoms. The highest BCUT2D eigenvalue weighted by molar-refractivity contribution is 5.91. The number of benzene rings is 2. The molecule has 0 fully saturated rings. The van der Waals surface area contributed by atoms with E-state index in [-0.39, 0.29) is 11.4 Å². The molecule has 2 aromatic carbocycles. The van der Waals surface area contributed by atoms with Gasteiger partial charge in [0.15, 0.2) is 0 Å². The average molecular weight is 332 g/mol. The normalized spacial score (nSPS) is 16.1. The zero-order chi connectivity index (χ0) is 18.2. The van der Waals surface area contributed by atoms with Gasteiger partial charge in [-0.25, -0.2) is 4.39 Å². The van der Waals surface area contributed by atoms with Crippen LogP contribution < -0.4 is 4.90 Å². The second-order valence-corrected chi connectivity index (χ2v) is 6.99. The topological polar surface area (TPSA) is 27.0 Å². The molecule has 126 valence electrons. The van der Waals surface area contributed by atoms with Crippen LogP contribution in [-0.2, 0) is 0 Å². The Balaban J connectivity index is 2.04. The molecule has 0 saturated carbocycles. The SMILES string of the molecule is CC1=CC(C)(C)N(C)c2ccc(/C=C(\C#N)c3ccc(F)cc3)cc21. The molecule has 2 nitrogen and oxygen atoms in total. The molecule has 1 aliphatic rings. The summed E-state index contributed by atoms with van der Waals surface area (Å²) < 4.78 is 13.1. The summed E-state index contributed by atoms with van der Waals surface area (Å²) in [6.45, 7) is 6.50. The Labute approximate surface area is 148 Å². The molecule has 2 aromatic rings. The minimum atomic E-state index is -0.304. The molecule has 0 N–H and O–H groups in total. The van der Waals surface area contributed by atoms with Gasteiger partial charge in [-0.1, -0.05) is 24.3 Å². The number of fused-ring (bicyclic) bond motifs is 1. The molecule has 3 rings (SSSR count). The van der Waals surface area contributed by atoms with E-state index in [4.69, 9.17) is 0 Å². The van der Waals surface area contributed by atoms with Crippen LogP contribution in [0.1, 0.15) is 37.5 Å². The first-order valence-electron chi connectivity index (χ1n) is 8.27. The second-order valence-electron chi connectivity index (χ2n) is 6.99. The van der Waals surface area contributed by atoms with Crippen LogP contribution in [0.4, 0.5) is 10.1 Å². The molecule has 25 heavy (non-hydrogen) atoms. The quantitative estimate of drug-likeness (QED) is 0.535. The fourth-order valence-electron chi connectivity index (χ4n) is 3.24. The van der Waals surface area contributed by atoms with E-state index in [1.807, 2.05) is 12.1 Å². The molecule has 0 aromatic heterocycles. The van der Waals surface area contributed by atoms with Gasteiger partial charge in [-0.15, -0.1) is 0 Å². The number of nitrogens with zero attached hydrogens (tertiary/aromatic N) is 2. The first kappa shape index (κ1) is 17.0. The number of hydrogen-bond donors (Lipinski definition) is 0. The van der Waals surface area contributed by atoms with E-state index in [0.29, 0.717) is 11.1 Å². The second kappa shape index (κ2) is 6.22. The predicted octanol–water partition coefficient (Wildman–Crippen LogP) is 5.52. The summed E-state index contributed by atoms with van der Waals surface area (Å²) in [6.07, 6.45) is 4.11. The highest BCUT2D eigenvalue weighted by atomic mass is 19.1. The number of allylic oxidation sites excluding steroid dienone is 2. The fourth-order valence-corrected chi connectivity index (χ4v) is 3.24. The molecule has 0 unspecified atom stereocenters. The van der Waals surface area contributed by atoms with Gasteiger partial charge in [0.2, 0.25) is 0 Å². The lowest BCUT2D eigenvalue weighted by molar-refractivity contribution is 0.598. The summed E-state index contributed by atoms with van der Waals surface area (Å²) in [5.74, 6) is -0.304. The van der Waals surface area contributed by atoms with Crippen LogP contribution in [0.25, 0.3) is 17.2 Å². The largest absolute Gasteiger partial charge is 0.366 e. The van der Waals surface area contributed by atoms with Crippen LogP contribution in [0.2, 0.25) is 0 Å². The van der Waals surface area contributed by atoms with Gasteiger partial charge in [-0.3, -0.25) is 0 Å². The van der Waals surface area contributed by atoms with E-state index in [1.165, 1.54) is 29.0 Å². The first-order valence-corrected chi connectivity index (χ1v) is 8.27. The molecule has 0 amide bonds. The van der Waals surface area contributed by atoms with Crippen molar-refractivity contribution in [1.29, 1.82) is 5.26 Å². The number of anilines is 1. The maximum atomic E-state index is 13.1. The summed E-state index contributed by atoms with van der Waals surface area (Å²) in [7, 11) is 2.09. The molecule has 3 heteroatoms. The van der Waals surface area contributed by atoms with Gasteiger partial charge in [0.25, 0.3) is 0 Å². The van der Waals surface area contributed by atoms with Crippen molar-refractivity contribution >= 4 is 22.9 Å². The Kier molecular flexibility index (Phi) is 4.22. The lowest BCUT2D eigenvalue weighted by Crippen LogP contribution is -2.42. The van der Waals surface area contributed by atoms with E-state index in [0.717, 1.165) is 5.56 Å². The Morgan fingerprint density at radius 1 is 1.16 bits per heavy atom. The minimum absolute atomic E-state index is 0.0274. The zero-order valence-electron chi connectivity index (χ0n) is 15.0. The van der Waals surface area contributed by atoms with Crippen molar-refractivity contribution in [3.63, 3.8) is 0 Å². The van der Waals surface area contributed by atoms with Crippen LogP contribution in [0, 0.1) is 17.1 Å². The van der Waals surface area contributed by atoms with Crippen molar-refractivity contribution in [3.05, 3.63) is 71.0 Å². The van der Waals surface area contributed by atoms with Crippen molar-refractivity contribution < 1.29 is 4.39 Å². The lowest BCUT2D eigenvalue weighted by atomic mass is 9.88. The lowest BCUT2D eigenvalue weighted by Gasteiger charge is -2.40. The van der Waals surface area contributed by atoms with Crippen molar-refractivity contribution in [2.45, 2.75) is 26.3 Å². The van der Waals surface area contributed by atoms with E-state index in [2.05, 4.69) is 57.0 Å². The Bertz CT molecular complexity index is 912. The fraction of sp³-hybridized carbons (Fsp3) is 0.227. The Hall–Kier alpha value is -2.86. The molecule has 0 aliphatic carbocycles. The summed E-state index contributed by atoms with van der Waals surface area (Å²) >= 11 is 0. The van der Waals surface area contributed by atoms with E-state index in [9.17, 15) is 9.65 Å². The Morgan fingerprint density at radius 2 is 1.84 bits per heavy atom. The molecular formula is C22H21FN2. The van der Waals surface area contributed by atoms with Gasteiger partial charge in [0.1, 0.15) is 5.82 Å².